The summed E-state index contributed by atoms with van der Waals surface area (Å²) in [7, 11) is 0. The van der Waals surface area contributed by atoms with Crippen LogP contribution in [-0.2, 0) is 6.42 Å². The Morgan fingerprint density at radius 2 is 1.73 bits per heavy atom. The first kappa shape index (κ1) is 26.3. The zero-order chi connectivity index (χ0) is 20.4. The summed E-state index contributed by atoms with van der Waals surface area (Å²) in [4.78, 5) is 11.9. The molecule has 3 heteroatoms. The number of rotatable bonds is 10. The van der Waals surface area contributed by atoms with E-state index in [-0.39, 0.29) is 0 Å². The quantitative estimate of drug-likeness (QED) is 0.427. The summed E-state index contributed by atoms with van der Waals surface area (Å²) in [5, 5.41) is 0. The van der Waals surface area contributed by atoms with Gasteiger partial charge in [0.15, 0.2) is 5.82 Å². The highest BCUT2D eigenvalue weighted by Crippen LogP contribution is 2.25. The Hall–Kier alpha value is -1.90. The molecule has 1 aromatic heterocycles. The molecule has 0 aliphatic rings. The maximum Gasteiger partial charge on any atom is 0.155 e. The number of aryl methyl sites for hydroxylation is 1. The van der Waals surface area contributed by atoms with Crippen LogP contribution >= 0.6 is 0 Å². The van der Waals surface area contributed by atoms with Crippen LogP contribution < -0.4 is 4.90 Å². The van der Waals surface area contributed by atoms with Crippen molar-refractivity contribution in [2.75, 3.05) is 18.0 Å². The summed E-state index contributed by atoms with van der Waals surface area (Å²) in [6.45, 7) is 24.1. The number of nitrogens with zero attached hydrogens (tertiary/aromatic N) is 3. The molecule has 26 heavy (non-hydrogen) atoms. The summed E-state index contributed by atoms with van der Waals surface area (Å²) in [6, 6.07) is 0. The fraction of sp³-hybridized carbons (Fsp3) is 0.565. The SMILES string of the molecule is C=C/C=C(\C=C)c1ncc(CCCC)nc1N(CC)CCC.CC.CC. The number of aromatic nitrogens is 2. The molecule has 0 fully saturated rings. The minimum atomic E-state index is 0.894. The van der Waals surface area contributed by atoms with Gasteiger partial charge < -0.3 is 4.90 Å². The summed E-state index contributed by atoms with van der Waals surface area (Å²) < 4.78 is 0. The van der Waals surface area contributed by atoms with Crippen molar-refractivity contribution in [1.29, 1.82) is 0 Å². The van der Waals surface area contributed by atoms with Crippen LogP contribution in [0, 0.1) is 0 Å². The van der Waals surface area contributed by atoms with Crippen molar-refractivity contribution in [3.8, 4) is 0 Å². The van der Waals surface area contributed by atoms with Crippen molar-refractivity contribution < 1.29 is 0 Å². The van der Waals surface area contributed by atoms with Gasteiger partial charge in [0.2, 0.25) is 0 Å². The lowest BCUT2D eigenvalue weighted by Crippen LogP contribution is -2.26. The molecule has 1 rings (SSSR count). The minimum Gasteiger partial charge on any atom is -0.355 e. The van der Waals surface area contributed by atoms with Gasteiger partial charge in [-0.2, -0.15) is 0 Å². The van der Waals surface area contributed by atoms with Crippen LogP contribution in [0.5, 0.6) is 0 Å². The zero-order valence-corrected chi connectivity index (χ0v) is 18.3. The third-order valence-electron chi connectivity index (χ3n) is 3.56. The third-order valence-corrected chi connectivity index (χ3v) is 3.56. The van der Waals surface area contributed by atoms with Gasteiger partial charge in [-0.1, -0.05) is 79.3 Å². The largest absolute Gasteiger partial charge is 0.355 e. The lowest BCUT2D eigenvalue weighted by atomic mass is 10.1. The van der Waals surface area contributed by atoms with E-state index in [0.717, 1.165) is 55.1 Å². The van der Waals surface area contributed by atoms with Gasteiger partial charge in [0.25, 0.3) is 0 Å². The first-order valence-corrected chi connectivity index (χ1v) is 10.3. The maximum atomic E-state index is 4.89. The predicted octanol–water partition coefficient (Wildman–Crippen LogP) is 6.86. The van der Waals surface area contributed by atoms with E-state index in [4.69, 9.17) is 4.98 Å². The fourth-order valence-electron chi connectivity index (χ4n) is 2.37. The molecule has 0 unspecified atom stereocenters. The van der Waals surface area contributed by atoms with Crippen LogP contribution in [0.25, 0.3) is 5.57 Å². The van der Waals surface area contributed by atoms with Gasteiger partial charge >= 0.3 is 0 Å². The first-order valence-electron chi connectivity index (χ1n) is 10.3. The molecule has 0 aliphatic heterocycles. The van der Waals surface area contributed by atoms with Crippen LogP contribution in [0.15, 0.2) is 37.6 Å². The number of hydrogen-bond acceptors (Lipinski definition) is 3. The Morgan fingerprint density at radius 3 is 2.19 bits per heavy atom. The smallest absolute Gasteiger partial charge is 0.155 e. The van der Waals surface area contributed by atoms with Gasteiger partial charge in [-0.25, -0.2) is 4.98 Å². The van der Waals surface area contributed by atoms with Gasteiger partial charge in [-0.05, 0) is 26.2 Å². The molecule has 0 N–H and O–H groups in total. The molecule has 0 radical (unpaired) electrons. The first-order chi connectivity index (χ1) is 12.7. The van der Waals surface area contributed by atoms with Crippen molar-refractivity contribution in [3.05, 3.63) is 49.0 Å². The molecule has 3 nitrogen and oxygen atoms in total. The van der Waals surface area contributed by atoms with Crippen molar-refractivity contribution in [2.45, 2.75) is 74.1 Å². The van der Waals surface area contributed by atoms with Crippen molar-refractivity contribution in [3.63, 3.8) is 0 Å². The second-order valence-electron chi connectivity index (χ2n) is 5.28. The molecule has 1 heterocycles. The van der Waals surface area contributed by atoms with Gasteiger partial charge in [0, 0.05) is 24.9 Å². The summed E-state index contributed by atoms with van der Waals surface area (Å²) in [5.41, 5.74) is 2.93. The maximum absolute atomic E-state index is 4.89. The molecule has 0 aromatic carbocycles. The molecule has 0 aliphatic carbocycles. The molecule has 148 valence electrons. The monoisotopic (exact) mass is 359 g/mol. The van der Waals surface area contributed by atoms with Crippen LogP contribution in [0.1, 0.15) is 79.1 Å². The second-order valence-corrected chi connectivity index (χ2v) is 5.28. The van der Waals surface area contributed by atoms with Gasteiger partial charge in [-0.3, -0.25) is 4.98 Å². The summed E-state index contributed by atoms with van der Waals surface area (Å²) >= 11 is 0. The number of unbranched alkanes of at least 4 members (excludes halogenated alkanes) is 1. The number of allylic oxidation sites excluding steroid dienone is 4. The zero-order valence-electron chi connectivity index (χ0n) is 18.3. The van der Waals surface area contributed by atoms with Crippen molar-refractivity contribution in [1.82, 2.24) is 9.97 Å². The highest BCUT2D eigenvalue weighted by Gasteiger charge is 2.15. The van der Waals surface area contributed by atoms with E-state index in [1.807, 2.05) is 46.0 Å². The van der Waals surface area contributed by atoms with Crippen molar-refractivity contribution in [2.24, 2.45) is 0 Å². The van der Waals surface area contributed by atoms with Crippen LogP contribution in [0.4, 0.5) is 5.82 Å². The van der Waals surface area contributed by atoms with E-state index in [1.54, 1.807) is 6.08 Å². The molecular formula is C23H41N3. The average Bonchev–Trinajstić information content (AvgIpc) is 2.71. The molecule has 0 spiro atoms. The molecule has 0 bridgehead atoms. The molecule has 0 atom stereocenters. The highest BCUT2D eigenvalue weighted by molar-refractivity contribution is 5.79. The summed E-state index contributed by atoms with van der Waals surface area (Å²) in [6.07, 6.45) is 11.8. The Balaban J connectivity index is 0. The van der Waals surface area contributed by atoms with Crippen LogP contribution in [-0.4, -0.2) is 23.1 Å². The molecule has 0 saturated heterocycles. The van der Waals surface area contributed by atoms with Gasteiger partial charge in [0.1, 0.15) is 5.69 Å². The van der Waals surface area contributed by atoms with E-state index in [1.165, 1.54) is 6.42 Å². The Bertz CT molecular complexity index is 518. The number of hydrogen-bond donors (Lipinski definition) is 0. The molecule has 0 amide bonds. The number of anilines is 1. The van der Waals surface area contributed by atoms with Crippen LogP contribution in [0.2, 0.25) is 0 Å². The lowest BCUT2D eigenvalue weighted by Gasteiger charge is -2.24. The Kier molecular flexibility index (Phi) is 18.1. The van der Waals surface area contributed by atoms with Crippen molar-refractivity contribution >= 4 is 11.4 Å². The normalized spacial score (nSPS) is 10.0. The minimum absolute atomic E-state index is 0.894. The molecule has 0 saturated carbocycles. The van der Waals surface area contributed by atoms with E-state index in [0.29, 0.717) is 0 Å². The van der Waals surface area contributed by atoms with Gasteiger partial charge in [-0.15, -0.1) is 0 Å². The summed E-state index contributed by atoms with van der Waals surface area (Å²) in [5.74, 6) is 0.964. The second kappa shape index (κ2) is 17.9. The Labute approximate surface area is 163 Å². The van der Waals surface area contributed by atoms with E-state index >= 15 is 0 Å². The molecule has 1 aromatic rings. The standard InChI is InChI=1S/C19H29N3.2C2H6/c1-6-11-13-17-15-20-18(16(9-4)12-7-2)19(21-17)22(10-5)14-8-3;2*1-2/h7,9,12,15H,2,4,6,8,10-11,13-14H2,1,3,5H3;2*1-2H3/b16-12+;;. The van der Waals surface area contributed by atoms with Crippen LogP contribution in [0.3, 0.4) is 0 Å². The average molecular weight is 360 g/mol. The van der Waals surface area contributed by atoms with E-state index in [2.05, 4.69) is 43.8 Å². The third kappa shape index (κ3) is 8.98. The molecular weight excluding hydrogens is 318 g/mol. The lowest BCUT2D eigenvalue weighted by molar-refractivity contribution is 0.744. The van der Waals surface area contributed by atoms with E-state index < -0.39 is 0 Å². The highest BCUT2D eigenvalue weighted by atomic mass is 15.2. The van der Waals surface area contributed by atoms with E-state index in [9.17, 15) is 0 Å². The topological polar surface area (TPSA) is 29.0 Å². The van der Waals surface area contributed by atoms with Gasteiger partial charge in [0.05, 0.1) is 5.69 Å². The Morgan fingerprint density at radius 1 is 1.08 bits per heavy atom. The fourth-order valence-corrected chi connectivity index (χ4v) is 2.37. The predicted molar refractivity (Wildman–Crippen MR) is 120 cm³/mol.